The van der Waals surface area contributed by atoms with Gasteiger partial charge in [-0.25, -0.2) is 4.98 Å². The number of hydrogen-bond donors (Lipinski definition) is 2. The maximum atomic E-state index is 10.8. The molecular formula is C10H15ClN4O2. The van der Waals surface area contributed by atoms with Crippen molar-refractivity contribution in [1.82, 2.24) is 10.3 Å². The van der Waals surface area contributed by atoms with E-state index in [9.17, 15) is 10.1 Å². The lowest BCUT2D eigenvalue weighted by Crippen LogP contribution is -2.38. The molecule has 0 aromatic carbocycles. The molecule has 1 atom stereocenters. The van der Waals surface area contributed by atoms with E-state index in [1.54, 1.807) is 12.3 Å². The van der Waals surface area contributed by atoms with Crippen LogP contribution in [0.25, 0.3) is 0 Å². The molecule has 0 spiro atoms. The number of piperidine rings is 1. The van der Waals surface area contributed by atoms with Gasteiger partial charge in [0.2, 0.25) is 5.82 Å². The predicted molar refractivity (Wildman–Crippen MR) is 67.7 cm³/mol. The van der Waals surface area contributed by atoms with Crippen LogP contribution in [-0.4, -0.2) is 29.0 Å². The summed E-state index contributed by atoms with van der Waals surface area (Å²) in [6, 6.07) is 3.26. The van der Waals surface area contributed by atoms with Gasteiger partial charge < -0.3 is 10.6 Å². The summed E-state index contributed by atoms with van der Waals surface area (Å²) < 4.78 is 0. The zero-order valence-corrected chi connectivity index (χ0v) is 10.1. The van der Waals surface area contributed by atoms with Gasteiger partial charge in [-0.3, -0.25) is 10.1 Å². The molecule has 1 aliphatic rings. The first-order chi connectivity index (χ1) is 7.77. The van der Waals surface area contributed by atoms with Crippen molar-refractivity contribution < 1.29 is 4.92 Å². The highest BCUT2D eigenvalue weighted by atomic mass is 35.5. The van der Waals surface area contributed by atoms with E-state index in [1.165, 1.54) is 6.07 Å². The Kier molecular flexibility index (Phi) is 5.11. The molecule has 2 heterocycles. The number of nitro groups is 1. The van der Waals surface area contributed by atoms with Gasteiger partial charge in [0.1, 0.15) is 0 Å². The molecule has 17 heavy (non-hydrogen) atoms. The molecule has 0 aliphatic carbocycles. The summed E-state index contributed by atoms with van der Waals surface area (Å²) in [5.41, 5.74) is 0.0353. The van der Waals surface area contributed by atoms with Gasteiger partial charge in [0.25, 0.3) is 0 Å². The summed E-state index contributed by atoms with van der Waals surface area (Å²) in [5.74, 6) is 0.362. The molecule has 94 valence electrons. The van der Waals surface area contributed by atoms with E-state index in [2.05, 4.69) is 15.6 Å². The molecule has 0 unspecified atom stereocenters. The van der Waals surface area contributed by atoms with Gasteiger partial charge in [-0.15, -0.1) is 12.4 Å². The quantitative estimate of drug-likeness (QED) is 0.636. The molecule has 1 fully saturated rings. The molecule has 2 rings (SSSR count). The number of anilines is 1. The van der Waals surface area contributed by atoms with E-state index in [0.29, 0.717) is 5.82 Å². The average Bonchev–Trinajstić information content (AvgIpc) is 2.31. The number of nitrogens with zero attached hydrogens (tertiary/aromatic N) is 2. The second kappa shape index (κ2) is 6.36. The first-order valence-corrected chi connectivity index (χ1v) is 5.34. The Bertz CT molecular complexity index is 382. The van der Waals surface area contributed by atoms with Gasteiger partial charge in [-0.05, 0) is 25.5 Å². The maximum absolute atomic E-state index is 10.8. The summed E-state index contributed by atoms with van der Waals surface area (Å²) in [4.78, 5) is 14.4. The normalized spacial score (nSPS) is 19.2. The fourth-order valence-electron chi connectivity index (χ4n) is 1.82. The molecule has 0 amide bonds. The summed E-state index contributed by atoms with van der Waals surface area (Å²) in [6.07, 6.45) is 3.66. The Labute approximate surface area is 105 Å². The van der Waals surface area contributed by atoms with E-state index in [0.717, 1.165) is 25.9 Å². The molecule has 1 aliphatic heterocycles. The van der Waals surface area contributed by atoms with Gasteiger partial charge in [-0.1, -0.05) is 0 Å². The monoisotopic (exact) mass is 258 g/mol. The van der Waals surface area contributed by atoms with Crippen LogP contribution in [0.15, 0.2) is 18.3 Å². The van der Waals surface area contributed by atoms with Crippen molar-refractivity contribution in [2.24, 2.45) is 0 Å². The highest BCUT2D eigenvalue weighted by Crippen LogP contribution is 2.22. The molecule has 0 radical (unpaired) electrons. The van der Waals surface area contributed by atoms with Crippen LogP contribution < -0.4 is 10.6 Å². The Balaban J connectivity index is 0.00000144. The van der Waals surface area contributed by atoms with E-state index >= 15 is 0 Å². The van der Waals surface area contributed by atoms with Gasteiger partial charge in [-0.2, -0.15) is 0 Å². The fourth-order valence-corrected chi connectivity index (χ4v) is 1.82. The summed E-state index contributed by atoms with van der Waals surface area (Å²) in [7, 11) is 0. The predicted octanol–water partition coefficient (Wildman–Crippen LogP) is 1.58. The van der Waals surface area contributed by atoms with Gasteiger partial charge in [0.05, 0.1) is 4.92 Å². The van der Waals surface area contributed by atoms with Crippen molar-refractivity contribution in [3.63, 3.8) is 0 Å². The second-order valence-corrected chi connectivity index (χ2v) is 3.82. The topological polar surface area (TPSA) is 80.1 Å². The van der Waals surface area contributed by atoms with Crippen molar-refractivity contribution >= 4 is 23.9 Å². The minimum atomic E-state index is -0.411. The number of nitrogens with one attached hydrogen (secondary N) is 2. The molecular weight excluding hydrogens is 244 g/mol. The van der Waals surface area contributed by atoms with Crippen molar-refractivity contribution in [3.8, 4) is 0 Å². The maximum Gasteiger partial charge on any atom is 0.311 e. The zero-order valence-electron chi connectivity index (χ0n) is 9.26. The average molecular weight is 259 g/mol. The SMILES string of the molecule is Cl.O=[N+]([O-])c1cccnc1N[C@@H]1CCCNC1. The van der Waals surface area contributed by atoms with Gasteiger partial charge in [0.15, 0.2) is 0 Å². The van der Waals surface area contributed by atoms with Crippen LogP contribution in [0.2, 0.25) is 0 Å². The Morgan fingerprint density at radius 2 is 2.41 bits per heavy atom. The summed E-state index contributed by atoms with van der Waals surface area (Å²) in [5, 5.41) is 17.1. The van der Waals surface area contributed by atoms with Crippen LogP contribution in [0.5, 0.6) is 0 Å². The van der Waals surface area contributed by atoms with E-state index in [4.69, 9.17) is 0 Å². The third-order valence-corrected chi connectivity index (χ3v) is 2.62. The smallest absolute Gasteiger partial charge is 0.311 e. The standard InChI is InChI=1S/C10H14N4O2.ClH/c15-14(16)9-4-2-6-12-10(9)13-8-3-1-5-11-7-8;/h2,4,6,8,11H,1,3,5,7H2,(H,12,13);1H/t8-;/m1./s1. The highest BCUT2D eigenvalue weighted by molar-refractivity contribution is 5.85. The number of aromatic nitrogens is 1. The molecule has 0 bridgehead atoms. The largest absolute Gasteiger partial charge is 0.360 e. The van der Waals surface area contributed by atoms with Crippen LogP contribution in [0, 0.1) is 10.1 Å². The molecule has 1 aromatic heterocycles. The molecule has 2 N–H and O–H groups in total. The number of halogens is 1. The molecule has 0 saturated carbocycles. The molecule has 7 heteroatoms. The van der Waals surface area contributed by atoms with Crippen LogP contribution in [0.3, 0.4) is 0 Å². The van der Waals surface area contributed by atoms with Crippen LogP contribution >= 0.6 is 12.4 Å². The minimum Gasteiger partial charge on any atom is -0.360 e. The molecule has 1 saturated heterocycles. The van der Waals surface area contributed by atoms with Crippen LogP contribution in [0.4, 0.5) is 11.5 Å². The van der Waals surface area contributed by atoms with Crippen LogP contribution in [0.1, 0.15) is 12.8 Å². The Morgan fingerprint density at radius 3 is 3.06 bits per heavy atom. The number of rotatable bonds is 3. The van der Waals surface area contributed by atoms with Crippen molar-refractivity contribution in [1.29, 1.82) is 0 Å². The van der Waals surface area contributed by atoms with Crippen molar-refractivity contribution in [2.45, 2.75) is 18.9 Å². The third-order valence-electron chi connectivity index (χ3n) is 2.62. The lowest BCUT2D eigenvalue weighted by Gasteiger charge is -2.23. The first-order valence-electron chi connectivity index (χ1n) is 5.34. The Hall–Kier alpha value is -1.40. The lowest BCUT2D eigenvalue weighted by molar-refractivity contribution is -0.384. The van der Waals surface area contributed by atoms with E-state index in [-0.39, 0.29) is 24.1 Å². The van der Waals surface area contributed by atoms with Crippen molar-refractivity contribution in [3.05, 3.63) is 28.4 Å². The zero-order chi connectivity index (χ0) is 11.4. The van der Waals surface area contributed by atoms with Gasteiger partial charge >= 0.3 is 5.69 Å². The number of pyridine rings is 1. The highest BCUT2D eigenvalue weighted by Gasteiger charge is 2.19. The van der Waals surface area contributed by atoms with Crippen LogP contribution in [-0.2, 0) is 0 Å². The van der Waals surface area contributed by atoms with E-state index < -0.39 is 4.92 Å². The third kappa shape index (κ3) is 3.54. The first kappa shape index (κ1) is 13.7. The van der Waals surface area contributed by atoms with Crippen molar-refractivity contribution in [2.75, 3.05) is 18.4 Å². The minimum absolute atomic E-state index is 0. The second-order valence-electron chi connectivity index (χ2n) is 3.82. The lowest BCUT2D eigenvalue weighted by atomic mass is 10.1. The molecule has 6 nitrogen and oxygen atoms in total. The molecule has 1 aromatic rings. The number of hydrogen-bond acceptors (Lipinski definition) is 5. The fraction of sp³-hybridized carbons (Fsp3) is 0.500. The Morgan fingerprint density at radius 1 is 1.59 bits per heavy atom. The summed E-state index contributed by atoms with van der Waals surface area (Å²) >= 11 is 0. The van der Waals surface area contributed by atoms with E-state index in [1.807, 2.05) is 0 Å². The summed E-state index contributed by atoms with van der Waals surface area (Å²) in [6.45, 7) is 1.84. The van der Waals surface area contributed by atoms with Gasteiger partial charge in [0, 0.05) is 24.8 Å².